The smallest absolute Gasteiger partial charge is 0.337 e. The number of hydrogen-bond donors (Lipinski definition) is 1. The van der Waals surface area contributed by atoms with E-state index in [0.29, 0.717) is 12.0 Å². The molecular formula is C15H16FNO2. The van der Waals surface area contributed by atoms with Crippen LogP contribution in [0.3, 0.4) is 0 Å². The van der Waals surface area contributed by atoms with Gasteiger partial charge in [0.1, 0.15) is 5.82 Å². The van der Waals surface area contributed by atoms with Crippen LogP contribution in [-0.2, 0) is 13.5 Å². The minimum Gasteiger partial charge on any atom is -0.478 e. The molecule has 3 nitrogen and oxygen atoms in total. The fourth-order valence-electron chi connectivity index (χ4n) is 2.40. The normalized spacial score (nSPS) is 10.7. The molecule has 1 aromatic heterocycles. The van der Waals surface area contributed by atoms with Crippen molar-refractivity contribution in [2.75, 3.05) is 0 Å². The number of benzene rings is 1. The molecule has 0 aliphatic heterocycles. The van der Waals surface area contributed by atoms with Crippen LogP contribution in [0.5, 0.6) is 0 Å². The lowest BCUT2D eigenvalue weighted by Gasteiger charge is -2.06. The lowest BCUT2D eigenvalue weighted by molar-refractivity contribution is 0.0695. The minimum absolute atomic E-state index is 0.269. The van der Waals surface area contributed by atoms with E-state index in [-0.39, 0.29) is 5.82 Å². The van der Waals surface area contributed by atoms with Crippen LogP contribution in [0, 0.1) is 19.7 Å². The Bertz CT molecular complexity index is 627. The van der Waals surface area contributed by atoms with E-state index >= 15 is 0 Å². The number of carbonyl (C=O) groups is 1. The number of carboxylic acid groups (broad SMARTS) is 1. The average Bonchev–Trinajstić information content (AvgIpc) is 2.56. The third-order valence-electron chi connectivity index (χ3n) is 3.58. The molecule has 0 saturated heterocycles. The zero-order valence-electron chi connectivity index (χ0n) is 11.2. The highest BCUT2D eigenvalue weighted by Crippen LogP contribution is 2.23. The minimum atomic E-state index is -0.907. The molecule has 0 radical (unpaired) electrons. The van der Waals surface area contributed by atoms with Gasteiger partial charge in [0.15, 0.2) is 0 Å². The number of aromatic carboxylic acids is 1. The van der Waals surface area contributed by atoms with E-state index in [4.69, 9.17) is 0 Å². The Balaban J connectivity index is 2.43. The van der Waals surface area contributed by atoms with E-state index in [2.05, 4.69) is 0 Å². The number of hydrogen-bond acceptors (Lipinski definition) is 1. The zero-order chi connectivity index (χ0) is 14.2. The Labute approximate surface area is 111 Å². The van der Waals surface area contributed by atoms with E-state index in [9.17, 15) is 14.3 Å². The molecule has 0 unspecified atom stereocenters. The number of aromatic nitrogens is 1. The van der Waals surface area contributed by atoms with Crippen LogP contribution in [0.1, 0.15) is 32.9 Å². The second-order valence-corrected chi connectivity index (χ2v) is 4.70. The first-order valence-corrected chi connectivity index (χ1v) is 6.04. The Morgan fingerprint density at radius 3 is 2.32 bits per heavy atom. The van der Waals surface area contributed by atoms with Gasteiger partial charge in [-0.1, -0.05) is 12.1 Å². The number of carboxylic acids is 1. The second kappa shape index (κ2) is 4.88. The molecule has 1 aromatic carbocycles. The van der Waals surface area contributed by atoms with Crippen LogP contribution in [0.4, 0.5) is 4.39 Å². The average molecular weight is 261 g/mol. The third-order valence-corrected chi connectivity index (χ3v) is 3.58. The molecule has 1 N–H and O–H groups in total. The lowest BCUT2D eigenvalue weighted by atomic mass is 10.0. The quantitative estimate of drug-likeness (QED) is 0.922. The molecule has 0 amide bonds. The van der Waals surface area contributed by atoms with Gasteiger partial charge in [0, 0.05) is 24.9 Å². The van der Waals surface area contributed by atoms with Crippen molar-refractivity contribution in [3.05, 3.63) is 58.2 Å². The van der Waals surface area contributed by atoms with Crippen LogP contribution >= 0.6 is 0 Å². The highest BCUT2D eigenvalue weighted by atomic mass is 19.1. The molecular weight excluding hydrogens is 245 g/mol. The van der Waals surface area contributed by atoms with E-state index in [1.165, 1.54) is 12.1 Å². The van der Waals surface area contributed by atoms with Crippen molar-refractivity contribution >= 4 is 5.97 Å². The van der Waals surface area contributed by atoms with Crippen LogP contribution in [0.2, 0.25) is 0 Å². The molecule has 2 aromatic rings. The summed E-state index contributed by atoms with van der Waals surface area (Å²) in [6, 6.07) is 6.27. The third kappa shape index (κ3) is 2.38. The molecule has 0 spiro atoms. The second-order valence-electron chi connectivity index (χ2n) is 4.70. The van der Waals surface area contributed by atoms with Gasteiger partial charge in [0.2, 0.25) is 0 Å². The van der Waals surface area contributed by atoms with E-state index in [1.54, 1.807) is 19.1 Å². The van der Waals surface area contributed by atoms with Gasteiger partial charge in [-0.3, -0.25) is 0 Å². The highest BCUT2D eigenvalue weighted by Gasteiger charge is 2.20. The Morgan fingerprint density at radius 1 is 1.26 bits per heavy atom. The van der Waals surface area contributed by atoms with Gasteiger partial charge in [-0.2, -0.15) is 0 Å². The lowest BCUT2D eigenvalue weighted by Crippen LogP contribution is -2.01. The van der Waals surface area contributed by atoms with Gasteiger partial charge in [-0.15, -0.1) is 0 Å². The molecule has 0 saturated carbocycles. The maximum absolute atomic E-state index is 12.9. The van der Waals surface area contributed by atoms with Crippen LogP contribution < -0.4 is 0 Å². The summed E-state index contributed by atoms with van der Waals surface area (Å²) in [5.74, 6) is -1.18. The van der Waals surface area contributed by atoms with Gasteiger partial charge in [0.25, 0.3) is 0 Å². The largest absolute Gasteiger partial charge is 0.478 e. The Kier molecular flexibility index (Phi) is 3.42. The van der Waals surface area contributed by atoms with Crippen LogP contribution in [0.15, 0.2) is 24.3 Å². The predicted octanol–water partition coefficient (Wildman–Crippen LogP) is 3.07. The topological polar surface area (TPSA) is 42.2 Å². The molecule has 0 aliphatic carbocycles. The van der Waals surface area contributed by atoms with Crippen molar-refractivity contribution in [2.45, 2.75) is 20.3 Å². The first-order valence-electron chi connectivity index (χ1n) is 6.04. The summed E-state index contributed by atoms with van der Waals surface area (Å²) in [6.07, 6.45) is 0.594. The molecule has 1 heterocycles. The summed E-state index contributed by atoms with van der Waals surface area (Å²) >= 11 is 0. The summed E-state index contributed by atoms with van der Waals surface area (Å²) < 4.78 is 14.8. The molecule has 100 valence electrons. The first-order chi connectivity index (χ1) is 8.91. The zero-order valence-corrected chi connectivity index (χ0v) is 11.2. The van der Waals surface area contributed by atoms with Gasteiger partial charge < -0.3 is 9.67 Å². The van der Waals surface area contributed by atoms with Gasteiger partial charge in [-0.05, 0) is 37.1 Å². The summed E-state index contributed by atoms with van der Waals surface area (Å²) in [4.78, 5) is 11.2. The number of halogens is 1. The molecule has 0 aliphatic rings. The SMILES string of the molecule is Cc1c(C(=O)O)c(C)n(C)c1Cc1ccc(F)cc1. The van der Waals surface area contributed by atoms with Crippen molar-refractivity contribution in [2.24, 2.45) is 7.05 Å². The fraction of sp³-hybridized carbons (Fsp3) is 0.267. The Morgan fingerprint density at radius 2 is 1.84 bits per heavy atom. The van der Waals surface area contributed by atoms with E-state index in [0.717, 1.165) is 22.5 Å². The van der Waals surface area contributed by atoms with Crippen molar-refractivity contribution in [3.8, 4) is 0 Å². The molecule has 0 bridgehead atoms. The summed E-state index contributed by atoms with van der Waals surface area (Å²) in [5, 5.41) is 9.22. The van der Waals surface area contributed by atoms with Crippen LogP contribution in [0.25, 0.3) is 0 Å². The first kappa shape index (κ1) is 13.3. The molecule has 0 atom stereocenters. The number of rotatable bonds is 3. The molecule has 4 heteroatoms. The monoisotopic (exact) mass is 261 g/mol. The van der Waals surface area contributed by atoms with Gasteiger partial charge >= 0.3 is 5.97 Å². The molecule has 19 heavy (non-hydrogen) atoms. The van der Waals surface area contributed by atoms with Crippen molar-refractivity contribution < 1.29 is 14.3 Å². The van der Waals surface area contributed by atoms with E-state index in [1.807, 2.05) is 18.5 Å². The van der Waals surface area contributed by atoms with Crippen molar-refractivity contribution in [1.82, 2.24) is 4.57 Å². The van der Waals surface area contributed by atoms with Crippen molar-refractivity contribution in [1.29, 1.82) is 0 Å². The van der Waals surface area contributed by atoms with E-state index < -0.39 is 5.97 Å². The summed E-state index contributed by atoms with van der Waals surface area (Å²) in [7, 11) is 1.85. The van der Waals surface area contributed by atoms with Gasteiger partial charge in [-0.25, -0.2) is 9.18 Å². The Hall–Kier alpha value is -2.10. The van der Waals surface area contributed by atoms with Crippen molar-refractivity contribution in [3.63, 3.8) is 0 Å². The predicted molar refractivity (Wildman–Crippen MR) is 71.1 cm³/mol. The standard InChI is InChI=1S/C15H16FNO2/c1-9-13(8-11-4-6-12(16)7-5-11)17(3)10(2)14(9)15(18)19/h4-7H,8H2,1-3H3,(H,18,19). The molecule has 2 rings (SSSR count). The maximum atomic E-state index is 12.9. The van der Waals surface area contributed by atoms with Crippen LogP contribution in [-0.4, -0.2) is 15.6 Å². The highest BCUT2D eigenvalue weighted by molar-refractivity contribution is 5.91. The van der Waals surface area contributed by atoms with Gasteiger partial charge in [0.05, 0.1) is 5.56 Å². The molecule has 0 fully saturated rings. The number of nitrogens with zero attached hydrogens (tertiary/aromatic N) is 1. The summed E-state index contributed by atoms with van der Waals surface area (Å²) in [5.41, 5.74) is 3.78. The fourth-order valence-corrected chi connectivity index (χ4v) is 2.40. The maximum Gasteiger partial charge on any atom is 0.337 e. The summed E-state index contributed by atoms with van der Waals surface area (Å²) in [6.45, 7) is 3.61.